The second kappa shape index (κ2) is 10.3. The van der Waals surface area contributed by atoms with Crippen molar-refractivity contribution in [2.45, 2.75) is 19.4 Å². The van der Waals surface area contributed by atoms with E-state index in [0.29, 0.717) is 6.42 Å². The highest BCUT2D eigenvalue weighted by Gasteiger charge is 2.27. The molecule has 194 valence electrons. The lowest BCUT2D eigenvalue weighted by Crippen LogP contribution is -2.33. The number of amides is 1. The minimum atomic E-state index is -3.84. The molecule has 0 radical (unpaired) electrons. The summed E-state index contributed by atoms with van der Waals surface area (Å²) in [5, 5.41) is 12.6. The molecule has 0 saturated carbocycles. The third-order valence-electron chi connectivity index (χ3n) is 5.38. The van der Waals surface area contributed by atoms with Gasteiger partial charge in [0.2, 0.25) is 10.0 Å². The molecule has 1 aromatic carbocycles. The second-order valence-corrected chi connectivity index (χ2v) is 10.2. The Balaban J connectivity index is 2.19. The van der Waals surface area contributed by atoms with Gasteiger partial charge in [-0.25, -0.2) is 13.1 Å². The van der Waals surface area contributed by atoms with E-state index in [9.17, 15) is 22.8 Å². The van der Waals surface area contributed by atoms with Gasteiger partial charge in [-0.1, -0.05) is 37.3 Å². The van der Waals surface area contributed by atoms with Gasteiger partial charge in [-0.15, -0.1) is 0 Å². The Hall–Kier alpha value is -4.07. The van der Waals surface area contributed by atoms with Crippen molar-refractivity contribution in [2.24, 2.45) is 14.1 Å². The SMILES string of the molecule is CCC(Nc1c(Nc2c(NS(C)(=O)=O)c(C(=O)N(C)C)nn2C)c(=O)[nH]n(C)c1=O)c1ccccc1. The Morgan fingerprint density at radius 1 is 1.11 bits per heavy atom. The van der Waals surface area contributed by atoms with E-state index >= 15 is 0 Å². The lowest BCUT2D eigenvalue weighted by molar-refractivity contribution is 0.0822. The molecule has 1 unspecified atom stereocenters. The van der Waals surface area contributed by atoms with E-state index in [4.69, 9.17) is 0 Å². The molecule has 0 spiro atoms. The van der Waals surface area contributed by atoms with Crippen LogP contribution in [-0.4, -0.2) is 59.1 Å². The van der Waals surface area contributed by atoms with Crippen LogP contribution in [0.15, 0.2) is 39.9 Å². The molecule has 2 aromatic heterocycles. The van der Waals surface area contributed by atoms with E-state index < -0.39 is 27.0 Å². The number of carbonyl (C=O) groups excluding carboxylic acids is 1. The molecule has 36 heavy (non-hydrogen) atoms. The van der Waals surface area contributed by atoms with Crippen LogP contribution < -0.4 is 26.5 Å². The summed E-state index contributed by atoms with van der Waals surface area (Å²) in [6.45, 7) is 1.93. The van der Waals surface area contributed by atoms with Crippen LogP contribution in [0.1, 0.15) is 35.4 Å². The van der Waals surface area contributed by atoms with Gasteiger partial charge in [-0.2, -0.15) is 5.10 Å². The molecule has 4 N–H and O–H groups in total. The number of anilines is 4. The monoisotopic (exact) mass is 518 g/mol. The minimum absolute atomic E-state index is 0.000174. The van der Waals surface area contributed by atoms with E-state index in [-0.39, 0.29) is 34.6 Å². The summed E-state index contributed by atoms with van der Waals surface area (Å²) in [6, 6.07) is 9.13. The Kier molecular flexibility index (Phi) is 7.57. The van der Waals surface area contributed by atoms with Gasteiger partial charge in [0.1, 0.15) is 17.1 Å². The molecule has 0 saturated heterocycles. The van der Waals surface area contributed by atoms with Crippen LogP contribution in [-0.2, 0) is 24.1 Å². The maximum absolute atomic E-state index is 13.1. The number of aryl methyl sites for hydroxylation is 2. The molecular weight excluding hydrogens is 488 g/mol. The summed E-state index contributed by atoms with van der Waals surface area (Å²) in [5.41, 5.74) is -0.766. The van der Waals surface area contributed by atoms with E-state index in [1.807, 2.05) is 37.3 Å². The normalized spacial score (nSPS) is 12.2. The first-order chi connectivity index (χ1) is 16.8. The number of benzene rings is 1. The number of nitrogens with one attached hydrogen (secondary N) is 4. The molecular formula is C22H30N8O5S. The van der Waals surface area contributed by atoms with Gasteiger partial charge in [0.25, 0.3) is 17.0 Å². The number of rotatable bonds is 9. The van der Waals surface area contributed by atoms with Crippen LogP contribution >= 0.6 is 0 Å². The zero-order valence-electron chi connectivity index (χ0n) is 20.9. The minimum Gasteiger partial charge on any atom is -0.372 e. The standard InChI is InChI=1S/C22H30N8O5S/c1-7-14(13-11-9-8-10-12-13)23-17-16(20(31)26-30(5)22(17)33)24-19-15(27-36(6,34)35)18(25-29(19)4)21(32)28(2)3/h8-12,14,23-24,27H,7H2,1-6H3,(H,26,31). The third-order valence-corrected chi connectivity index (χ3v) is 5.96. The zero-order chi connectivity index (χ0) is 26.8. The van der Waals surface area contributed by atoms with Crippen molar-refractivity contribution in [3.63, 3.8) is 0 Å². The lowest BCUT2D eigenvalue weighted by atomic mass is 10.0. The highest BCUT2D eigenvalue weighted by molar-refractivity contribution is 7.92. The van der Waals surface area contributed by atoms with E-state index in [1.165, 1.54) is 37.8 Å². The van der Waals surface area contributed by atoms with Crippen molar-refractivity contribution in [1.29, 1.82) is 0 Å². The Labute approximate surface area is 208 Å². The van der Waals surface area contributed by atoms with E-state index in [1.54, 1.807) is 0 Å². The van der Waals surface area contributed by atoms with Crippen molar-refractivity contribution in [3.05, 3.63) is 62.3 Å². The van der Waals surface area contributed by atoms with Gasteiger partial charge < -0.3 is 15.5 Å². The topological polar surface area (TPSA) is 163 Å². The fraction of sp³-hybridized carbons (Fsp3) is 0.364. The van der Waals surface area contributed by atoms with Crippen LogP contribution in [0.5, 0.6) is 0 Å². The first-order valence-electron chi connectivity index (χ1n) is 11.0. The smallest absolute Gasteiger partial charge is 0.290 e. The average Bonchev–Trinajstić information content (AvgIpc) is 3.10. The van der Waals surface area contributed by atoms with Crippen LogP contribution in [0.3, 0.4) is 0 Å². The number of carbonyl (C=O) groups is 1. The van der Waals surface area contributed by atoms with Crippen molar-refractivity contribution in [3.8, 4) is 0 Å². The van der Waals surface area contributed by atoms with Crippen molar-refractivity contribution < 1.29 is 13.2 Å². The molecule has 0 aliphatic heterocycles. The van der Waals surface area contributed by atoms with Gasteiger partial charge in [-0.05, 0) is 12.0 Å². The van der Waals surface area contributed by atoms with E-state index in [0.717, 1.165) is 16.5 Å². The summed E-state index contributed by atoms with van der Waals surface area (Å²) in [7, 11) is 2.05. The molecule has 3 aromatic rings. The predicted molar refractivity (Wildman–Crippen MR) is 138 cm³/mol. The highest BCUT2D eigenvalue weighted by atomic mass is 32.2. The summed E-state index contributed by atoms with van der Waals surface area (Å²) < 4.78 is 28.8. The Morgan fingerprint density at radius 3 is 2.31 bits per heavy atom. The fourth-order valence-corrected chi connectivity index (χ4v) is 4.17. The molecule has 0 aliphatic carbocycles. The zero-order valence-corrected chi connectivity index (χ0v) is 21.7. The molecule has 3 rings (SSSR count). The van der Waals surface area contributed by atoms with Gasteiger partial charge in [0, 0.05) is 28.2 Å². The Morgan fingerprint density at radius 2 is 1.75 bits per heavy atom. The molecule has 13 nitrogen and oxygen atoms in total. The largest absolute Gasteiger partial charge is 0.372 e. The third kappa shape index (κ3) is 5.59. The number of nitrogens with zero attached hydrogens (tertiary/aromatic N) is 4. The van der Waals surface area contributed by atoms with Crippen LogP contribution in [0.2, 0.25) is 0 Å². The summed E-state index contributed by atoms with van der Waals surface area (Å²) in [6.07, 6.45) is 1.53. The fourth-order valence-electron chi connectivity index (χ4n) is 3.61. The highest BCUT2D eigenvalue weighted by Crippen LogP contribution is 2.32. The van der Waals surface area contributed by atoms with Crippen molar-refractivity contribution in [2.75, 3.05) is 35.7 Å². The van der Waals surface area contributed by atoms with Crippen LogP contribution in [0.4, 0.5) is 22.9 Å². The molecule has 1 atom stereocenters. The summed E-state index contributed by atoms with van der Waals surface area (Å²) >= 11 is 0. The Bertz CT molecular complexity index is 1490. The molecule has 0 fully saturated rings. The second-order valence-electron chi connectivity index (χ2n) is 8.47. The van der Waals surface area contributed by atoms with Gasteiger partial charge >= 0.3 is 0 Å². The first kappa shape index (κ1) is 26.5. The van der Waals surface area contributed by atoms with Gasteiger partial charge in [-0.3, -0.25) is 28.9 Å². The lowest BCUT2D eigenvalue weighted by Gasteiger charge is -2.21. The number of hydrogen-bond acceptors (Lipinski definition) is 8. The number of H-pyrrole nitrogens is 1. The molecule has 0 aliphatic rings. The van der Waals surface area contributed by atoms with E-state index in [2.05, 4.69) is 25.6 Å². The molecule has 1 amide bonds. The van der Waals surface area contributed by atoms with Gasteiger partial charge in [0.15, 0.2) is 11.5 Å². The number of aromatic nitrogens is 4. The van der Waals surface area contributed by atoms with Crippen molar-refractivity contribution >= 4 is 38.8 Å². The molecule has 0 bridgehead atoms. The van der Waals surface area contributed by atoms with Gasteiger partial charge in [0.05, 0.1) is 12.3 Å². The first-order valence-corrected chi connectivity index (χ1v) is 12.9. The molecule has 14 heteroatoms. The van der Waals surface area contributed by atoms with Crippen molar-refractivity contribution in [1.82, 2.24) is 24.5 Å². The molecule has 2 heterocycles. The maximum Gasteiger partial charge on any atom is 0.290 e. The van der Waals surface area contributed by atoms with Crippen LogP contribution in [0, 0.1) is 0 Å². The van der Waals surface area contributed by atoms with Crippen LogP contribution in [0.25, 0.3) is 0 Å². The predicted octanol–water partition coefficient (Wildman–Crippen LogP) is 1.19. The summed E-state index contributed by atoms with van der Waals surface area (Å²) in [5.74, 6) is -0.559. The quantitative estimate of drug-likeness (QED) is 0.328. The number of sulfonamides is 1. The summed E-state index contributed by atoms with van der Waals surface area (Å²) in [4.78, 5) is 40.1. The number of aromatic amines is 1. The maximum atomic E-state index is 13.1. The number of hydrogen-bond donors (Lipinski definition) is 4. The average molecular weight is 519 g/mol.